The van der Waals surface area contributed by atoms with Crippen LogP contribution in [0.4, 0.5) is 0 Å². The minimum Gasteiger partial charge on any atom is -0.343 e. The SMILES string of the molecule is O=C(CC1C=CCC1)N1CCC(c2[nH]ncc2C(=O)N2CCc3ccccc3C2)CC1. The van der Waals surface area contributed by atoms with E-state index < -0.39 is 0 Å². The van der Waals surface area contributed by atoms with Crippen LogP contribution in [0.1, 0.15) is 65.2 Å². The summed E-state index contributed by atoms with van der Waals surface area (Å²) in [6, 6.07) is 8.36. The van der Waals surface area contributed by atoms with Crippen LogP contribution in [0.25, 0.3) is 0 Å². The first-order chi connectivity index (χ1) is 15.2. The molecule has 1 fully saturated rings. The fraction of sp³-hybridized carbons (Fsp3) is 0.480. The summed E-state index contributed by atoms with van der Waals surface area (Å²) in [5, 5.41) is 7.33. The molecule has 5 rings (SSSR count). The zero-order valence-corrected chi connectivity index (χ0v) is 17.9. The molecule has 6 heteroatoms. The van der Waals surface area contributed by atoms with Crippen LogP contribution in [0.3, 0.4) is 0 Å². The largest absolute Gasteiger partial charge is 0.343 e. The van der Waals surface area contributed by atoms with Crippen molar-refractivity contribution >= 4 is 11.8 Å². The summed E-state index contributed by atoms with van der Waals surface area (Å²) in [5.41, 5.74) is 4.20. The number of H-pyrrole nitrogens is 1. The van der Waals surface area contributed by atoms with Gasteiger partial charge in [-0.25, -0.2) is 0 Å². The number of fused-ring (bicyclic) bond motifs is 1. The van der Waals surface area contributed by atoms with Crippen molar-refractivity contribution < 1.29 is 9.59 Å². The molecular formula is C25H30N4O2. The Morgan fingerprint density at radius 3 is 2.61 bits per heavy atom. The maximum Gasteiger partial charge on any atom is 0.257 e. The Hall–Kier alpha value is -2.89. The van der Waals surface area contributed by atoms with Crippen molar-refractivity contribution in [3.8, 4) is 0 Å². The molecule has 1 saturated heterocycles. The maximum absolute atomic E-state index is 13.3. The molecule has 0 saturated carbocycles. The van der Waals surface area contributed by atoms with Crippen molar-refractivity contribution in [2.75, 3.05) is 19.6 Å². The van der Waals surface area contributed by atoms with Gasteiger partial charge in [-0.05, 0) is 49.1 Å². The van der Waals surface area contributed by atoms with Crippen molar-refractivity contribution in [2.24, 2.45) is 5.92 Å². The average molecular weight is 419 g/mol. The summed E-state index contributed by atoms with van der Waals surface area (Å²) in [4.78, 5) is 29.9. The molecule has 1 unspecified atom stereocenters. The molecule has 2 amide bonds. The van der Waals surface area contributed by atoms with Gasteiger partial charge in [0.15, 0.2) is 0 Å². The highest BCUT2D eigenvalue weighted by Gasteiger charge is 2.31. The lowest BCUT2D eigenvalue weighted by atomic mass is 9.90. The second kappa shape index (κ2) is 8.69. The van der Waals surface area contributed by atoms with Crippen LogP contribution in [0.5, 0.6) is 0 Å². The molecule has 0 bridgehead atoms. The van der Waals surface area contributed by atoms with Crippen LogP contribution >= 0.6 is 0 Å². The Morgan fingerprint density at radius 2 is 1.84 bits per heavy atom. The summed E-state index contributed by atoms with van der Waals surface area (Å²) >= 11 is 0. The van der Waals surface area contributed by atoms with Gasteiger partial charge in [-0.1, -0.05) is 36.4 Å². The van der Waals surface area contributed by atoms with Crippen molar-refractivity contribution in [1.82, 2.24) is 20.0 Å². The van der Waals surface area contributed by atoms with Crippen molar-refractivity contribution in [2.45, 2.75) is 51.0 Å². The average Bonchev–Trinajstić information content (AvgIpc) is 3.50. The molecule has 162 valence electrons. The van der Waals surface area contributed by atoms with E-state index in [-0.39, 0.29) is 17.7 Å². The van der Waals surface area contributed by atoms with Gasteiger partial charge in [0, 0.05) is 38.5 Å². The number of piperidine rings is 1. The Kier molecular flexibility index (Phi) is 5.62. The van der Waals surface area contributed by atoms with Gasteiger partial charge < -0.3 is 9.80 Å². The third kappa shape index (κ3) is 4.16. The molecule has 0 spiro atoms. The van der Waals surface area contributed by atoms with E-state index in [0.717, 1.165) is 57.4 Å². The highest BCUT2D eigenvalue weighted by atomic mass is 16.2. The fourth-order valence-electron chi connectivity index (χ4n) is 5.25. The zero-order valence-electron chi connectivity index (χ0n) is 17.9. The normalized spacial score (nSPS) is 21.4. The van der Waals surface area contributed by atoms with Gasteiger partial charge in [0.1, 0.15) is 0 Å². The van der Waals surface area contributed by atoms with Crippen molar-refractivity contribution in [3.05, 3.63) is 65.0 Å². The first kappa shape index (κ1) is 20.0. The quantitative estimate of drug-likeness (QED) is 0.771. The molecule has 1 aromatic carbocycles. The predicted octanol–water partition coefficient (Wildman–Crippen LogP) is 3.67. The third-order valence-electron chi connectivity index (χ3n) is 7.12. The summed E-state index contributed by atoms with van der Waals surface area (Å²) in [5.74, 6) is 0.985. The van der Waals surface area contributed by atoms with Crippen molar-refractivity contribution in [1.29, 1.82) is 0 Å². The van der Waals surface area contributed by atoms with Gasteiger partial charge in [0.05, 0.1) is 17.5 Å². The number of nitrogens with one attached hydrogen (secondary N) is 1. The van der Waals surface area contributed by atoms with E-state index in [1.54, 1.807) is 6.20 Å². The van der Waals surface area contributed by atoms with Crippen LogP contribution < -0.4 is 0 Å². The number of rotatable bonds is 4. The molecule has 2 aliphatic heterocycles. The van der Waals surface area contributed by atoms with Gasteiger partial charge in [0.2, 0.25) is 5.91 Å². The topological polar surface area (TPSA) is 69.3 Å². The Bertz CT molecular complexity index is 987. The van der Waals surface area contributed by atoms with E-state index in [2.05, 4.69) is 40.5 Å². The second-order valence-corrected chi connectivity index (χ2v) is 9.07. The highest BCUT2D eigenvalue weighted by Crippen LogP contribution is 2.31. The number of nitrogens with zero attached hydrogens (tertiary/aromatic N) is 3. The molecule has 1 aliphatic carbocycles. The number of likely N-dealkylation sites (tertiary alicyclic amines) is 1. The van der Waals surface area contributed by atoms with E-state index in [1.807, 2.05) is 15.9 Å². The Balaban J connectivity index is 1.21. The number of hydrogen-bond donors (Lipinski definition) is 1. The molecule has 3 heterocycles. The molecule has 1 N–H and O–H groups in total. The van der Waals surface area contributed by atoms with Crippen LogP contribution in [0.15, 0.2) is 42.6 Å². The van der Waals surface area contributed by atoms with Crippen LogP contribution in [-0.2, 0) is 17.8 Å². The van der Waals surface area contributed by atoms with E-state index >= 15 is 0 Å². The van der Waals surface area contributed by atoms with E-state index in [0.29, 0.717) is 24.4 Å². The minimum absolute atomic E-state index is 0.0600. The second-order valence-electron chi connectivity index (χ2n) is 9.07. The highest BCUT2D eigenvalue weighted by molar-refractivity contribution is 5.95. The molecule has 6 nitrogen and oxygen atoms in total. The summed E-state index contributed by atoms with van der Waals surface area (Å²) in [6.07, 6.45) is 11.5. The summed E-state index contributed by atoms with van der Waals surface area (Å²) < 4.78 is 0. The van der Waals surface area contributed by atoms with Crippen LogP contribution in [0, 0.1) is 5.92 Å². The number of amides is 2. The zero-order chi connectivity index (χ0) is 21.2. The molecular weight excluding hydrogens is 388 g/mol. The van der Waals surface area contributed by atoms with Crippen molar-refractivity contribution in [3.63, 3.8) is 0 Å². The number of hydrogen-bond acceptors (Lipinski definition) is 3. The van der Waals surface area contributed by atoms with E-state index in [1.165, 1.54) is 11.1 Å². The fourth-order valence-corrected chi connectivity index (χ4v) is 5.25. The number of allylic oxidation sites excluding steroid dienone is 2. The number of carbonyl (C=O) groups is 2. The molecule has 31 heavy (non-hydrogen) atoms. The van der Waals surface area contributed by atoms with Gasteiger partial charge in [-0.15, -0.1) is 0 Å². The van der Waals surface area contributed by atoms with Gasteiger partial charge in [0.25, 0.3) is 5.91 Å². The third-order valence-corrected chi connectivity index (χ3v) is 7.12. The van der Waals surface area contributed by atoms with Gasteiger partial charge >= 0.3 is 0 Å². The van der Waals surface area contributed by atoms with Crippen LogP contribution in [0.2, 0.25) is 0 Å². The minimum atomic E-state index is 0.0600. The maximum atomic E-state index is 13.3. The number of aromatic nitrogens is 2. The van der Waals surface area contributed by atoms with E-state index in [9.17, 15) is 9.59 Å². The van der Waals surface area contributed by atoms with Crippen LogP contribution in [-0.4, -0.2) is 51.4 Å². The van der Waals surface area contributed by atoms with E-state index in [4.69, 9.17) is 0 Å². The standard InChI is InChI=1S/C25H30N4O2/c30-23(15-18-5-1-2-6-18)28-12-10-20(11-13-28)24-22(16-26-27-24)25(31)29-14-9-19-7-3-4-8-21(19)17-29/h1,3-5,7-8,16,18,20H,2,6,9-15,17H2,(H,26,27). The lowest BCUT2D eigenvalue weighted by Crippen LogP contribution is -2.39. The molecule has 2 aromatic rings. The first-order valence-electron chi connectivity index (χ1n) is 11.5. The number of aromatic amines is 1. The first-order valence-corrected chi connectivity index (χ1v) is 11.5. The smallest absolute Gasteiger partial charge is 0.257 e. The molecule has 3 aliphatic rings. The Labute approximate surface area is 183 Å². The lowest BCUT2D eigenvalue weighted by molar-refractivity contribution is -0.132. The molecule has 1 aromatic heterocycles. The molecule has 0 radical (unpaired) electrons. The number of carbonyl (C=O) groups excluding carboxylic acids is 2. The molecule has 1 atom stereocenters. The Morgan fingerprint density at radius 1 is 1.03 bits per heavy atom. The van der Waals surface area contributed by atoms with Gasteiger partial charge in [-0.2, -0.15) is 5.10 Å². The monoisotopic (exact) mass is 418 g/mol. The van der Waals surface area contributed by atoms with Gasteiger partial charge in [-0.3, -0.25) is 14.7 Å². The summed E-state index contributed by atoms with van der Waals surface area (Å²) in [6.45, 7) is 2.90. The lowest BCUT2D eigenvalue weighted by Gasteiger charge is -2.33. The predicted molar refractivity (Wildman–Crippen MR) is 119 cm³/mol. The summed E-state index contributed by atoms with van der Waals surface area (Å²) in [7, 11) is 0. The number of benzene rings is 1.